The molecule has 0 radical (unpaired) electrons. The molecule has 0 aliphatic heterocycles. The van der Waals surface area contributed by atoms with Crippen LogP contribution in [0.5, 0.6) is 5.75 Å². The first kappa shape index (κ1) is 20.9. The molecule has 29 heavy (non-hydrogen) atoms. The van der Waals surface area contributed by atoms with Crippen molar-refractivity contribution in [1.82, 2.24) is 15.0 Å². The van der Waals surface area contributed by atoms with Gasteiger partial charge < -0.3 is 4.74 Å². The fraction of sp³-hybridized carbons (Fsp3) is 0.286. The molecule has 0 fully saturated rings. The lowest BCUT2D eigenvalue weighted by Gasteiger charge is -2.18. The van der Waals surface area contributed by atoms with Gasteiger partial charge in [-0.05, 0) is 48.7 Å². The Morgan fingerprint density at radius 2 is 1.97 bits per heavy atom. The highest BCUT2D eigenvalue weighted by atomic mass is 32.2. The standard InChI is InChI=1S/C21H24N4O3S/c1-4-13-7-6-8-16-18(13)20(27)25(14-9-11-15(28-3)12-10-14)21(23-16)29-17(5-2)19(26)24-22/h6-12,17H,4-5,22H2,1-3H3,(H,24,26)/t17-/m1/s1. The quantitative estimate of drug-likeness (QED) is 0.204. The zero-order valence-corrected chi connectivity index (χ0v) is 17.5. The van der Waals surface area contributed by atoms with Gasteiger partial charge in [-0.15, -0.1) is 0 Å². The maximum Gasteiger partial charge on any atom is 0.266 e. The van der Waals surface area contributed by atoms with Gasteiger partial charge in [-0.25, -0.2) is 10.8 Å². The Balaban J connectivity index is 2.27. The van der Waals surface area contributed by atoms with Gasteiger partial charge in [0.05, 0.1) is 29.0 Å². The smallest absolute Gasteiger partial charge is 0.266 e. The van der Waals surface area contributed by atoms with E-state index in [9.17, 15) is 9.59 Å². The zero-order valence-electron chi connectivity index (χ0n) is 16.6. The van der Waals surface area contributed by atoms with Crippen LogP contribution in [0.4, 0.5) is 0 Å². The number of rotatable bonds is 7. The van der Waals surface area contributed by atoms with Crippen LogP contribution in [0, 0.1) is 0 Å². The number of ether oxygens (including phenoxy) is 1. The van der Waals surface area contributed by atoms with Crippen LogP contribution in [0.25, 0.3) is 16.6 Å². The predicted octanol–water partition coefficient (Wildman–Crippen LogP) is 2.82. The van der Waals surface area contributed by atoms with Crippen molar-refractivity contribution in [3.8, 4) is 11.4 Å². The Kier molecular flexibility index (Phi) is 6.56. The van der Waals surface area contributed by atoms with E-state index in [0.717, 1.165) is 12.0 Å². The van der Waals surface area contributed by atoms with Crippen LogP contribution < -0.4 is 21.6 Å². The van der Waals surface area contributed by atoms with Gasteiger partial charge in [-0.1, -0.05) is 37.7 Å². The second-order valence-corrected chi connectivity index (χ2v) is 7.59. The van der Waals surface area contributed by atoms with Gasteiger partial charge in [0.1, 0.15) is 5.75 Å². The van der Waals surface area contributed by atoms with Crippen molar-refractivity contribution in [2.24, 2.45) is 5.84 Å². The second kappa shape index (κ2) is 9.11. The molecule has 0 saturated carbocycles. The van der Waals surface area contributed by atoms with Crippen molar-refractivity contribution in [2.75, 3.05) is 7.11 Å². The van der Waals surface area contributed by atoms with Gasteiger partial charge >= 0.3 is 0 Å². The summed E-state index contributed by atoms with van der Waals surface area (Å²) in [6, 6.07) is 12.8. The van der Waals surface area contributed by atoms with E-state index >= 15 is 0 Å². The van der Waals surface area contributed by atoms with E-state index in [2.05, 4.69) is 5.43 Å². The number of benzene rings is 2. The van der Waals surface area contributed by atoms with E-state index in [4.69, 9.17) is 15.6 Å². The molecule has 0 unspecified atom stereocenters. The summed E-state index contributed by atoms with van der Waals surface area (Å²) >= 11 is 1.22. The fourth-order valence-corrected chi connectivity index (χ4v) is 4.19. The summed E-state index contributed by atoms with van der Waals surface area (Å²) in [6.45, 7) is 3.90. The van der Waals surface area contributed by atoms with Crippen molar-refractivity contribution in [2.45, 2.75) is 37.1 Å². The molecule has 3 aromatic rings. The number of nitrogens with one attached hydrogen (secondary N) is 1. The third kappa shape index (κ3) is 4.13. The van der Waals surface area contributed by atoms with Crippen molar-refractivity contribution in [3.05, 3.63) is 58.4 Å². The van der Waals surface area contributed by atoms with Crippen molar-refractivity contribution in [1.29, 1.82) is 0 Å². The number of fused-ring (bicyclic) bond motifs is 1. The molecule has 1 heterocycles. The molecular formula is C21H24N4O3S. The van der Waals surface area contributed by atoms with Crippen LogP contribution in [0.3, 0.4) is 0 Å². The Morgan fingerprint density at radius 3 is 2.55 bits per heavy atom. The minimum Gasteiger partial charge on any atom is -0.497 e. The fourth-order valence-electron chi connectivity index (χ4n) is 3.15. The third-order valence-electron chi connectivity index (χ3n) is 4.72. The third-order valence-corrected chi connectivity index (χ3v) is 6.03. The highest BCUT2D eigenvalue weighted by molar-refractivity contribution is 8.00. The van der Waals surface area contributed by atoms with Gasteiger partial charge in [0.25, 0.3) is 5.56 Å². The lowest BCUT2D eigenvalue weighted by Crippen LogP contribution is -2.37. The number of hydrazine groups is 1. The van der Waals surface area contributed by atoms with Crippen LogP contribution in [0.15, 0.2) is 52.4 Å². The topological polar surface area (TPSA) is 99.2 Å². The first-order valence-corrected chi connectivity index (χ1v) is 10.3. The normalized spacial score (nSPS) is 12.0. The number of aryl methyl sites for hydroxylation is 1. The molecule has 0 spiro atoms. The first-order valence-electron chi connectivity index (χ1n) is 9.40. The summed E-state index contributed by atoms with van der Waals surface area (Å²) in [6.07, 6.45) is 1.26. The van der Waals surface area contributed by atoms with E-state index in [1.807, 2.05) is 32.0 Å². The summed E-state index contributed by atoms with van der Waals surface area (Å²) in [5.74, 6) is 5.70. The number of amides is 1. The minimum atomic E-state index is -0.469. The molecule has 3 N–H and O–H groups in total. The van der Waals surface area contributed by atoms with E-state index in [0.29, 0.717) is 33.9 Å². The van der Waals surface area contributed by atoms with Crippen LogP contribution in [0.2, 0.25) is 0 Å². The molecule has 1 aromatic heterocycles. The largest absolute Gasteiger partial charge is 0.497 e. The second-order valence-electron chi connectivity index (χ2n) is 6.42. The van der Waals surface area contributed by atoms with Crippen molar-refractivity contribution >= 4 is 28.6 Å². The van der Waals surface area contributed by atoms with E-state index in [1.54, 1.807) is 35.9 Å². The van der Waals surface area contributed by atoms with Gasteiger partial charge in [0.15, 0.2) is 5.16 Å². The number of carbonyl (C=O) groups excluding carboxylic acids is 1. The summed E-state index contributed by atoms with van der Waals surface area (Å²) in [7, 11) is 1.59. The average molecular weight is 413 g/mol. The molecule has 152 valence electrons. The Morgan fingerprint density at radius 1 is 1.24 bits per heavy atom. The number of thioether (sulfide) groups is 1. The average Bonchev–Trinajstić information content (AvgIpc) is 2.76. The SMILES string of the molecule is CCc1cccc2nc(S[C@H](CC)C(=O)NN)n(-c3ccc(OC)cc3)c(=O)c12. The first-order chi connectivity index (χ1) is 14.0. The molecule has 1 atom stereocenters. The molecule has 3 rings (SSSR count). The summed E-state index contributed by atoms with van der Waals surface area (Å²) < 4.78 is 6.78. The molecule has 2 aromatic carbocycles. The summed E-state index contributed by atoms with van der Waals surface area (Å²) in [4.78, 5) is 30.4. The molecule has 7 nitrogen and oxygen atoms in total. The molecule has 0 aliphatic carbocycles. The highest BCUT2D eigenvalue weighted by Gasteiger charge is 2.22. The maximum absolute atomic E-state index is 13.5. The predicted molar refractivity (Wildman–Crippen MR) is 116 cm³/mol. The highest BCUT2D eigenvalue weighted by Crippen LogP contribution is 2.28. The van der Waals surface area contributed by atoms with Crippen LogP contribution >= 0.6 is 11.8 Å². The van der Waals surface area contributed by atoms with Crippen molar-refractivity contribution in [3.63, 3.8) is 0 Å². The van der Waals surface area contributed by atoms with Gasteiger partial charge in [-0.2, -0.15) is 0 Å². The number of methoxy groups -OCH3 is 1. The number of aromatic nitrogens is 2. The zero-order chi connectivity index (χ0) is 21.0. The lowest BCUT2D eigenvalue weighted by atomic mass is 10.1. The minimum absolute atomic E-state index is 0.164. The molecule has 0 aliphatic rings. The van der Waals surface area contributed by atoms with E-state index in [-0.39, 0.29) is 11.5 Å². The van der Waals surface area contributed by atoms with E-state index < -0.39 is 5.25 Å². The molecular weight excluding hydrogens is 388 g/mol. The summed E-state index contributed by atoms with van der Waals surface area (Å²) in [5.41, 5.74) is 4.23. The van der Waals surface area contributed by atoms with Gasteiger partial charge in [0, 0.05) is 0 Å². The Labute approximate surface area is 173 Å². The Hall–Kier alpha value is -2.84. The number of hydrogen-bond acceptors (Lipinski definition) is 6. The molecule has 0 bridgehead atoms. The number of carbonyl (C=O) groups is 1. The Bertz CT molecular complexity index is 1080. The number of nitrogens with zero attached hydrogens (tertiary/aromatic N) is 2. The summed E-state index contributed by atoms with van der Waals surface area (Å²) in [5, 5.41) is 0.561. The van der Waals surface area contributed by atoms with Crippen LogP contribution in [0.1, 0.15) is 25.8 Å². The molecule has 1 amide bonds. The monoisotopic (exact) mass is 412 g/mol. The van der Waals surface area contributed by atoms with E-state index in [1.165, 1.54) is 11.8 Å². The van der Waals surface area contributed by atoms with Crippen molar-refractivity contribution < 1.29 is 9.53 Å². The maximum atomic E-state index is 13.5. The molecule has 8 heteroatoms. The van der Waals surface area contributed by atoms with Crippen LogP contribution in [-0.2, 0) is 11.2 Å². The van der Waals surface area contributed by atoms with Gasteiger partial charge in [-0.3, -0.25) is 19.6 Å². The van der Waals surface area contributed by atoms with Crippen LogP contribution in [-0.4, -0.2) is 27.8 Å². The number of hydrogen-bond donors (Lipinski definition) is 2. The lowest BCUT2D eigenvalue weighted by molar-refractivity contribution is -0.120. The van der Waals surface area contributed by atoms with Gasteiger partial charge in [0.2, 0.25) is 5.91 Å². The number of nitrogens with two attached hydrogens (primary N) is 1. The molecule has 0 saturated heterocycles.